The van der Waals surface area contributed by atoms with Crippen molar-refractivity contribution < 1.29 is 13.6 Å². The van der Waals surface area contributed by atoms with E-state index in [0.717, 1.165) is 0 Å². The molecule has 20 heavy (non-hydrogen) atoms. The van der Waals surface area contributed by atoms with Gasteiger partial charge in [-0.2, -0.15) is 0 Å². The molecule has 1 amide bonds. The van der Waals surface area contributed by atoms with Crippen molar-refractivity contribution in [3.8, 4) is 0 Å². The maximum Gasteiger partial charge on any atom is 0.240 e. The van der Waals surface area contributed by atoms with Gasteiger partial charge in [0.15, 0.2) is 0 Å². The monoisotopic (exact) mass is 281 g/mol. The molecule has 0 bridgehead atoms. The van der Waals surface area contributed by atoms with Crippen LogP contribution < -0.4 is 16.0 Å². The number of nitrogens with two attached hydrogens (primary N) is 1. The minimum atomic E-state index is -0.712. The van der Waals surface area contributed by atoms with E-state index >= 15 is 0 Å². The van der Waals surface area contributed by atoms with Gasteiger partial charge in [0.2, 0.25) is 5.91 Å². The van der Waals surface area contributed by atoms with Gasteiger partial charge in [-0.25, -0.2) is 8.78 Å². The third kappa shape index (κ3) is 2.35. The SMILES string of the molecule is NC1(C(=O)NC2CCN(c3c(F)cccc3F)C2)CC1. The molecule has 1 saturated heterocycles. The third-order valence-corrected chi connectivity index (χ3v) is 4.02. The molecule has 1 unspecified atom stereocenters. The Bertz CT molecular complexity index is 525. The van der Waals surface area contributed by atoms with E-state index in [9.17, 15) is 13.6 Å². The van der Waals surface area contributed by atoms with Gasteiger partial charge in [0.05, 0.1) is 5.54 Å². The van der Waals surface area contributed by atoms with E-state index in [1.165, 1.54) is 18.2 Å². The molecule has 0 spiro atoms. The van der Waals surface area contributed by atoms with Crippen LogP contribution >= 0.6 is 0 Å². The summed E-state index contributed by atoms with van der Waals surface area (Å²) < 4.78 is 27.4. The van der Waals surface area contributed by atoms with Crippen LogP contribution in [0.3, 0.4) is 0 Å². The second-order valence-corrected chi connectivity index (χ2v) is 5.63. The lowest BCUT2D eigenvalue weighted by atomic mass is 10.2. The van der Waals surface area contributed by atoms with Crippen LogP contribution in [0.25, 0.3) is 0 Å². The number of hydrogen-bond acceptors (Lipinski definition) is 3. The first kappa shape index (κ1) is 13.3. The van der Waals surface area contributed by atoms with Gasteiger partial charge >= 0.3 is 0 Å². The molecule has 1 aliphatic heterocycles. The Balaban J connectivity index is 1.66. The highest BCUT2D eigenvalue weighted by molar-refractivity contribution is 5.89. The van der Waals surface area contributed by atoms with Gasteiger partial charge < -0.3 is 16.0 Å². The Morgan fingerprint density at radius 3 is 2.60 bits per heavy atom. The van der Waals surface area contributed by atoms with Crippen molar-refractivity contribution in [3.63, 3.8) is 0 Å². The summed E-state index contributed by atoms with van der Waals surface area (Å²) >= 11 is 0. The van der Waals surface area contributed by atoms with E-state index in [2.05, 4.69) is 5.32 Å². The highest BCUT2D eigenvalue weighted by atomic mass is 19.1. The van der Waals surface area contributed by atoms with Crippen LogP contribution in [0.2, 0.25) is 0 Å². The lowest BCUT2D eigenvalue weighted by molar-refractivity contribution is -0.123. The van der Waals surface area contributed by atoms with E-state index in [-0.39, 0.29) is 17.6 Å². The number of halogens is 2. The van der Waals surface area contributed by atoms with Gasteiger partial charge in [-0.1, -0.05) is 6.07 Å². The van der Waals surface area contributed by atoms with Crippen molar-refractivity contribution in [2.24, 2.45) is 5.73 Å². The van der Waals surface area contributed by atoms with Gasteiger partial charge in [0, 0.05) is 19.1 Å². The Hall–Kier alpha value is -1.69. The second kappa shape index (κ2) is 4.70. The summed E-state index contributed by atoms with van der Waals surface area (Å²) in [6.07, 6.45) is 2.07. The fraction of sp³-hybridized carbons (Fsp3) is 0.500. The van der Waals surface area contributed by atoms with Gasteiger partial charge in [-0.15, -0.1) is 0 Å². The average molecular weight is 281 g/mol. The van der Waals surface area contributed by atoms with Crippen molar-refractivity contribution in [3.05, 3.63) is 29.8 Å². The number of nitrogens with zero attached hydrogens (tertiary/aromatic N) is 1. The summed E-state index contributed by atoms with van der Waals surface area (Å²) in [6.45, 7) is 0.917. The number of hydrogen-bond donors (Lipinski definition) is 2. The molecule has 1 saturated carbocycles. The molecular weight excluding hydrogens is 264 g/mol. The minimum Gasteiger partial charge on any atom is -0.365 e. The molecule has 6 heteroatoms. The maximum atomic E-state index is 13.7. The van der Waals surface area contributed by atoms with E-state index in [1.807, 2.05) is 0 Å². The van der Waals surface area contributed by atoms with E-state index in [4.69, 9.17) is 5.73 Å². The summed E-state index contributed by atoms with van der Waals surface area (Å²) in [5.41, 5.74) is 5.09. The van der Waals surface area contributed by atoms with E-state index in [1.54, 1.807) is 4.90 Å². The minimum absolute atomic E-state index is 0.0156. The van der Waals surface area contributed by atoms with Crippen LogP contribution in [-0.2, 0) is 4.79 Å². The van der Waals surface area contributed by atoms with Crippen molar-refractivity contribution in [2.75, 3.05) is 18.0 Å². The van der Waals surface area contributed by atoms with Gasteiger partial charge in [0.1, 0.15) is 17.3 Å². The number of rotatable bonds is 3. The van der Waals surface area contributed by atoms with Crippen LogP contribution in [0.4, 0.5) is 14.5 Å². The number of carbonyl (C=O) groups is 1. The molecule has 0 radical (unpaired) electrons. The van der Waals surface area contributed by atoms with E-state index < -0.39 is 17.2 Å². The number of anilines is 1. The molecule has 1 aromatic carbocycles. The van der Waals surface area contributed by atoms with Crippen LogP contribution in [-0.4, -0.2) is 30.6 Å². The summed E-state index contributed by atoms with van der Waals surface area (Å²) in [5, 5.41) is 2.87. The number of carbonyl (C=O) groups excluding carboxylic acids is 1. The Labute approximate surface area is 115 Å². The molecular formula is C14H17F2N3O. The number of nitrogens with one attached hydrogen (secondary N) is 1. The zero-order chi connectivity index (χ0) is 14.3. The second-order valence-electron chi connectivity index (χ2n) is 5.63. The quantitative estimate of drug-likeness (QED) is 0.874. The summed E-state index contributed by atoms with van der Waals surface area (Å²) in [5.74, 6) is -1.30. The van der Waals surface area contributed by atoms with Crippen molar-refractivity contribution in [2.45, 2.75) is 30.8 Å². The molecule has 1 atom stereocenters. The van der Waals surface area contributed by atoms with Crippen molar-refractivity contribution in [1.29, 1.82) is 0 Å². The predicted molar refractivity (Wildman–Crippen MR) is 71.3 cm³/mol. The lowest BCUT2D eigenvalue weighted by Crippen LogP contribution is -2.48. The molecule has 1 aromatic rings. The van der Waals surface area contributed by atoms with Crippen molar-refractivity contribution in [1.82, 2.24) is 5.32 Å². The molecule has 2 fully saturated rings. The first-order valence-electron chi connectivity index (χ1n) is 6.78. The predicted octanol–water partition coefficient (Wildman–Crippen LogP) is 1.15. The molecule has 1 heterocycles. The summed E-state index contributed by atoms with van der Waals surface area (Å²) in [4.78, 5) is 13.5. The molecule has 3 rings (SSSR count). The van der Waals surface area contributed by atoms with Crippen LogP contribution in [0.5, 0.6) is 0 Å². The van der Waals surface area contributed by atoms with Gasteiger partial charge in [0.25, 0.3) is 0 Å². The molecule has 4 nitrogen and oxygen atoms in total. The maximum absolute atomic E-state index is 13.7. The van der Waals surface area contributed by atoms with Crippen LogP contribution in [0.1, 0.15) is 19.3 Å². The Kier molecular flexibility index (Phi) is 3.12. The zero-order valence-electron chi connectivity index (χ0n) is 11.0. The lowest BCUT2D eigenvalue weighted by Gasteiger charge is -2.21. The first-order chi connectivity index (χ1) is 9.49. The van der Waals surface area contributed by atoms with Crippen LogP contribution in [0.15, 0.2) is 18.2 Å². The highest BCUT2D eigenvalue weighted by Crippen LogP contribution is 2.33. The molecule has 2 aliphatic rings. The molecule has 0 aromatic heterocycles. The molecule has 108 valence electrons. The first-order valence-corrected chi connectivity index (χ1v) is 6.78. The highest BCUT2D eigenvalue weighted by Gasteiger charge is 2.46. The topological polar surface area (TPSA) is 58.4 Å². The standard InChI is InChI=1S/C14H17F2N3O/c15-10-2-1-3-11(16)12(10)19-7-4-9(8-19)18-13(20)14(17)5-6-14/h1-3,9H,4-8,17H2,(H,18,20). The van der Waals surface area contributed by atoms with Gasteiger partial charge in [-0.05, 0) is 31.4 Å². The zero-order valence-corrected chi connectivity index (χ0v) is 11.0. The molecule has 3 N–H and O–H groups in total. The smallest absolute Gasteiger partial charge is 0.240 e. The fourth-order valence-corrected chi connectivity index (χ4v) is 2.56. The largest absolute Gasteiger partial charge is 0.365 e. The normalized spacial score (nSPS) is 23.8. The fourth-order valence-electron chi connectivity index (χ4n) is 2.56. The third-order valence-electron chi connectivity index (χ3n) is 4.02. The Morgan fingerprint density at radius 2 is 2.00 bits per heavy atom. The molecule has 1 aliphatic carbocycles. The average Bonchev–Trinajstić information content (AvgIpc) is 2.98. The number of para-hydroxylation sites is 1. The number of benzene rings is 1. The summed E-state index contributed by atoms with van der Waals surface area (Å²) in [7, 11) is 0. The summed E-state index contributed by atoms with van der Waals surface area (Å²) in [6, 6.07) is 3.71. The van der Waals surface area contributed by atoms with Gasteiger partial charge in [-0.3, -0.25) is 4.79 Å². The number of amides is 1. The van der Waals surface area contributed by atoms with E-state index in [0.29, 0.717) is 32.4 Å². The Morgan fingerprint density at radius 1 is 1.35 bits per heavy atom. The van der Waals surface area contributed by atoms with Crippen molar-refractivity contribution >= 4 is 11.6 Å². The van der Waals surface area contributed by atoms with Crippen LogP contribution in [0, 0.1) is 11.6 Å².